The van der Waals surface area contributed by atoms with Crippen molar-refractivity contribution in [2.75, 3.05) is 30.8 Å². The third kappa shape index (κ3) is 7.22. The lowest BCUT2D eigenvalue weighted by Crippen LogP contribution is -2.36. The Hall–Kier alpha value is -3.04. The lowest BCUT2D eigenvalue weighted by atomic mass is 10.2. The summed E-state index contributed by atoms with van der Waals surface area (Å²) < 4.78 is 23.1. The molecule has 0 fully saturated rings. The van der Waals surface area contributed by atoms with Gasteiger partial charge in [0.1, 0.15) is 17.1 Å². The lowest BCUT2D eigenvalue weighted by Gasteiger charge is -2.21. The number of rotatable bonds is 13. The molecule has 0 saturated carbocycles. The van der Waals surface area contributed by atoms with Gasteiger partial charge in [-0.25, -0.2) is 4.42 Å². The van der Waals surface area contributed by atoms with Crippen LogP contribution in [-0.4, -0.2) is 44.2 Å². The van der Waals surface area contributed by atoms with Gasteiger partial charge in [0, 0.05) is 23.9 Å². The minimum atomic E-state index is -1.53. The minimum Gasteiger partial charge on any atom is -0.494 e. The maximum absolute atomic E-state index is 13.2. The standard InChI is InChI=1S/C24H29Cl2N3O6/c1-6-32-16-13-17(25)22(34-8-3)18(14-16)27-28-21(15(5)30)24(31)29(26)19-11-10-12-20(33-7-2)23(19)35-9-4/h10-14,21H,6-9H2,1-5H3. The fourth-order valence-corrected chi connectivity index (χ4v) is 3.52. The van der Waals surface area contributed by atoms with Gasteiger partial charge in [0.15, 0.2) is 23.0 Å². The number of Topliss-reactive ketones (excluding diaryl/α,β-unsaturated/α-hetero) is 1. The van der Waals surface area contributed by atoms with Crippen LogP contribution in [0.3, 0.4) is 0 Å². The Morgan fingerprint density at radius 3 is 2.17 bits per heavy atom. The Balaban J connectivity index is 2.45. The van der Waals surface area contributed by atoms with Crippen molar-refractivity contribution in [3.8, 4) is 23.0 Å². The van der Waals surface area contributed by atoms with Gasteiger partial charge in [-0.1, -0.05) is 17.7 Å². The van der Waals surface area contributed by atoms with E-state index in [9.17, 15) is 9.59 Å². The van der Waals surface area contributed by atoms with Crippen molar-refractivity contribution in [3.05, 3.63) is 35.4 Å². The predicted octanol–water partition coefficient (Wildman–Crippen LogP) is 6.16. The molecule has 0 aliphatic carbocycles. The van der Waals surface area contributed by atoms with Crippen molar-refractivity contribution in [1.82, 2.24) is 0 Å². The van der Waals surface area contributed by atoms with Gasteiger partial charge in [-0.3, -0.25) is 9.59 Å². The highest BCUT2D eigenvalue weighted by atomic mass is 35.5. The van der Waals surface area contributed by atoms with Crippen molar-refractivity contribution in [1.29, 1.82) is 0 Å². The molecule has 9 nitrogen and oxygen atoms in total. The zero-order valence-electron chi connectivity index (χ0n) is 20.3. The zero-order chi connectivity index (χ0) is 26.0. The summed E-state index contributed by atoms with van der Waals surface area (Å²) in [6.45, 7) is 9.85. The van der Waals surface area contributed by atoms with Gasteiger partial charge >= 0.3 is 0 Å². The normalized spacial score (nSPS) is 11.7. The number of azo groups is 1. The third-order valence-electron chi connectivity index (χ3n) is 4.45. The molecule has 2 aromatic carbocycles. The number of ketones is 1. The first-order valence-corrected chi connectivity index (χ1v) is 11.9. The summed E-state index contributed by atoms with van der Waals surface area (Å²) in [7, 11) is 0. The number of benzene rings is 2. The first kappa shape index (κ1) is 28.2. The van der Waals surface area contributed by atoms with Crippen LogP contribution in [0.4, 0.5) is 11.4 Å². The molecule has 0 aliphatic rings. The van der Waals surface area contributed by atoms with Crippen molar-refractivity contribution < 1.29 is 28.5 Å². The molecule has 1 atom stereocenters. The summed E-state index contributed by atoms with van der Waals surface area (Å²) in [4.78, 5) is 25.6. The Labute approximate surface area is 215 Å². The Morgan fingerprint density at radius 2 is 1.57 bits per heavy atom. The van der Waals surface area contributed by atoms with Crippen LogP contribution in [0.25, 0.3) is 0 Å². The van der Waals surface area contributed by atoms with Crippen LogP contribution in [0.2, 0.25) is 5.02 Å². The number of para-hydroxylation sites is 1. The van der Waals surface area contributed by atoms with Crippen LogP contribution in [0.5, 0.6) is 23.0 Å². The van der Waals surface area contributed by atoms with Gasteiger partial charge in [0.05, 0.1) is 31.5 Å². The molecule has 0 N–H and O–H groups in total. The molecule has 35 heavy (non-hydrogen) atoms. The van der Waals surface area contributed by atoms with Gasteiger partial charge in [-0.2, -0.15) is 10.2 Å². The Kier molecular flexibility index (Phi) is 11.1. The van der Waals surface area contributed by atoms with Crippen LogP contribution in [0.1, 0.15) is 34.6 Å². The molecular formula is C24H29Cl2N3O6. The fraction of sp³-hybridized carbons (Fsp3) is 0.417. The smallest absolute Gasteiger partial charge is 0.276 e. The van der Waals surface area contributed by atoms with Gasteiger partial charge in [-0.15, -0.1) is 0 Å². The van der Waals surface area contributed by atoms with E-state index in [2.05, 4.69) is 10.2 Å². The highest BCUT2D eigenvalue weighted by Gasteiger charge is 2.31. The van der Waals surface area contributed by atoms with Crippen molar-refractivity contribution in [3.63, 3.8) is 0 Å². The second-order valence-corrected chi connectivity index (χ2v) is 7.68. The number of anilines is 1. The highest BCUT2D eigenvalue weighted by molar-refractivity contribution is 6.39. The van der Waals surface area contributed by atoms with Crippen molar-refractivity contribution >= 4 is 46.4 Å². The summed E-state index contributed by atoms with van der Waals surface area (Å²) in [5, 5.41) is 8.35. The summed E-state index contributed by atoms with van der Waals surface area (Å²) in [5.41, 5.74) is 0.415. The number of carbonyl (C=O) groups is 2. The van der Waals surface area contributed by atoms with Gasteiger partial charge in [0.25, 0.3) is 5.91 Å². The van der Waals surface area contributed by atoms with E-state index >= 15 is 0 Å². The second-order valence-electron chi connectivity index (χ2n) is 6.94. The van der Waals surface area contributed by atoms with E-state index in [1.807, 2.05) is 13.8 Å². The quantitative estimate of drug-likeness (QED) is 0.176. The molecule has 0 heterocycles. The van der Waals surface area contributed by atoms with Gasteiger partial charge in [0.2, 0.25) is 6.04 Å². The summed E-state index contributed by atoms with van der Waals surface area (Å²) >= 11 is 12.7. The van der Waals surface area contributed by atoms with Crippen LogP contribution in [-0.2, 0) is 9.59 Å². The molecule has 11 heteroatoms. The van der Waals surface area contributed by atoms with Crippen LogP contribution >= 0.6 is 23.4 Å². The first-order valence-electron chi connectivity index (χ1n) is 11.2. The number of carbonyl (C=O) groups excluding carboxylic acids is 2. The summed E-state index contributed by atoms with van der Waals surface area (Å²) in [6.07, 6.45) is 0. The predicted molar refractivity (Wildman–Crippen MR) is 135 cm³/mol. The van der Waals surface area contributed by atoms with Crippen LogP contribution in [0, 0.1) is 0 Å². The largest absolute Gasteiger partial charge is 0.494 e. The van der Waals surface area contributed by atoms with E-state index < -0.39 is 17.7 Å². The maximum Gasteiger partial charge on any atom is 0.276 e. The number of halogens is 2. The van der Waals surface area contributed by atoms with E-state index in [-0.39, 0.29) is 27.9 Å². The van der Waals surface area contributed by atoms with Gasteiger partial charge < -0.3 is 18.9 Å². The van der Waals surface area contributed by atoms with E-state index in [0.717, 1.165) is 4.42 Å². The third-order valence-corrected chi connectivity index (χ3v) is 5.08. The first-order chi connectivity index (χ1) is 16.8. The average Bonchev–Trinajstić information content (AvgIpc) is 2.82. The number of ether oxygens (including phenoxy) is 4. The number of hydrogen-bond acceptors (Lipinski definition) is 8. The fourth-order valence-electron chi connectivity index (χ4n) is 3.03. The number of nitrogens with zero attached hydrogens (tertiary/aromatic N) is 3. The SMILES string of the molecule is CCOc1cc(Cl)c(OCC)c(N=NC(C(C)=O)C(=O)N(Cl)c2cccc(OCC)c2OCC)c1. The molecule has 0 spiro atoms. The molecule has 0 saturated heterocycles. The molecule has 0 aromatic heterocycles. The van der Waals surface area contributed by atoms with E-state index in [1.165, 1.54) is 6.92 Å². The molecule has 2 rings (SSSR count). The average molecular weight is 526 g/mol. The van der Waals surface area contributed by atoms with E-state index in [0.29, 0.717) is 37.9 Å². The van der Waals surface area contributed by atoms with Crippen LogP contribution in [0.15, 0.2) is 40.6 Å². The zero-order valence-corrected chi connectivity index (χ0v) is 21.9. The second kappa shape index (κ2) is 13.7. The minimum absolute atomic E-state index is 0.205. The molecule has 0 aliphatic heterocycles. The topological polar surface area (TPSA) is 99.0 Å². The molecule has 190 valence electrons. The summed E-state index contributed by atoms with van der Waals surface area (Å²) in [5.74, 6) is -0.00393. The van der Waals surface area contributed by atoms with E-state index in [1.54, 1.807) is 44.2 Å². The Bertz CT molecular complexity index is 1060. The molecule has 1 unspecified atom stereocenters. The molecule has 2 aromatic rings. The molecular weight excluding hydrogens is 497 g/mol. The van der Waals surface area contributed by atoms with E-state index in [4.69, 9.17) is 42.3 Å². The highest BCUT2D eigenvalue weighted by Crippen LogP contribution is 2.41. The lowest BCUT2D eigenvalue weighted by molar-refractivity contribution is -0.126. The molecule has 0 radical (unpaired) electrons. The summed E-state index contributed by atoms with van der Waals surface area (Å²) in [6, 6.07) is 6.55. The molecule has 1 amide bonds. The van der Waals surface area contributed by atoms with Crippen molar-refractivity contribution in [2.45, 2.75) is 40.7 Å². The van der Waals surface area contributed by atoms with Crippen LogP contribution < -0.4 is 23.4 Å². The Morgan fingerprint density at radius 1 is 0.943 bits per heavy atom. The number of amides is 1. The van der Waals surface area contributed by atoms with Gasteiger partial charge in [-0.05, 0) is 46.8 Å². The molecule has 0 bridgehead atoms. The monoisotopic (exact) mass is 525 g/mol. The maximum atomic E-state index is 13.2. The van der Waals surface area contributed by atoms with Crippen molar-refractivity contribution in [2.24, 2.45) is 10.2 Å². The number of hydrogen-bond donors (Lipinski definition) is 0.